The molecule has 1 N–H and O–H groups in total. The second-order valence-corrected chi connectivity index (χ2v) is 5.60. The smallest absolute Gasteiger partial charge is 0.355 e. The lowest BCUT2D eigenvalue weighted by molar-refractivity contribution is 0.210. The quantitative estimate of drug-likeness (QED) is 0.770. The molecule has 8 heteroatoms. The first-order valence-electron chi connectivity index (χ1n) is 7.64. The van der Waals surface area contributed by atoms with Crippen molar-refractivity contribution in [2.45, 2.75) is 26.4 Å². The highest BCUT2D eigenvalue weighted by Gasteiger charge is 2.15. The van der Waals surface area contributed by atoms with Gasteiger partial charge in [-0.05, 0) is 31.5 Å². The topological polar surface area (TPSA) is 78.2 Å². The number of nitrogens with zero attached hydrogens (tertiary/aromatic N) is 3. The standard InChI is InChI=1S/C16H21FN4O3/c1-11(2)21-15(22)19-14(18-8-9-24-3)20(16(21)23)10-12-4-6-13(17)7-5-12/h4-7,11H,8-10H2,1-3H3,(H,18,19,22). The lowest BCUT2D eigenvalue weighted by atomic mass is 10.2. The molecule has 1 aromatic carbocycles. The van der Waals surface area contributed by atoms with Crippen LogP contribution in [-0.4, -0.2) is 34.4 Å². The van der Waals surface area contributed by atoms with Crippen LogP contribution < -0.4 is 16.7 Å². The van der Waals surface area contributed by atoms with Gasteiger partial charge in [-0.2, -0.15) is 4.98 Å². The molecule has 7 nitrogen and oxygen atoms in total. The third-order valence-corrected chi connectivity index (χ3v) is 3.46. The van der Waals surface area contributed by atoms with Gasteiger partial charge >= 0.3 is 11.4 Å². The van der Waals surface area contributed by atoms with E-state index in [9.17, 15) is 14.0 Å². The summed E-state index contributed by atoms with van der Waals surface area (Å²) in [5, 5.41) is 2.93. The van der Waals surface area contributed by atoms with Crippen LogP contribution in [0.5, 0.6) is 0 Å². The van der Waals surface area contributed by atoms with Gasteiger partial charge in [0.1, 0.15) is 5.82 Å². The predicted octanol–water partition coefficient (Wildman–Crippen LogP) is 1.23. The molecule has 2 aromatic rings. The Morgan fingerprint density at radius 1 is 1.25 bits per heavy atom. The van der Waals surface area contributed by atoms with Gasteiger partial charge in [0.2, 0.25) is 5.95 Å². The SMILES string of the molecule is COCCNc1nc(=O)n(C(C)C)c(=O)n1Cc1ccc(F)cc1. The molecular formula is C16H21FN4O3. The molecular weight excluding hydrogens is 315 g/mol. The first-order valence-corrected chi connectivity index (χ1v) is 7.64. The van der Waals surface area contributed by atoms with Crippen LogP contribution in [0.2, 0.25) is 0 Å². The average Bonchev–Trinajstić information content (AvgIpc) is 2.52. The molecule has 0 radical (unpaired) electrons. The zero-order valence-corrected chi connectivity index (χ0v) is 14.0. The third kappa shape index (κ3) is 4.08. The van der Waals surface area contributed by atoms with Crippen LogP contribution in [0.3, 0.4) is 0 Å². The Bertz CT molecular complexity index is 796. The number of benzene rings is 1. The summed E-state index contributed by atoms with van der Waals surface area (Å²) < 4.78 is 20.5. The lowest BCUT2D eigenvalue weighted by Gasteiger charge is -2.17. The summed E-state index contributed by atoms with van der Waals surface area (Å²) in [5.41, 5.74) is -0.344. The van der Waals surface area contributed by atoms with E-state index in [0.29, 0.717) is 13.2 Å². The van der Waals surface area contributed by atoms with Crippen molar-refractivity contribution in [3.8, 4) is 0 Å². The maximum atomic E-state index is 13.1. The number of rotatable bonds is 7. The van der Waals surface area contributed by atoms with E-state index in [4.69, 9.17) is 4.74 Å². The first-order chi connectivity index (χ1) is 11.4. The van der Waals surface area contributed by atoms with Crippen LogP contribution in [0.25, 0.3) is 0 Å². The van der Waals surface area contributed by atoms with E-state index in [2.05, 4.69) is 10.3 Å². The summed E-state index contributed by atoms with van der Waals surface area (Å²) in [6.07, 6.45) is 0. The van der Waals surface area contributed by atoms with Crippen molar-refractivity contribution in [3.05, 3.63) is 56.6 Å². The number of aromatic nitrogens is 3. The number of ether oxygens (including phenoxy) is 1. The Morgan fingerprint density at radius 3 is 2.50 bits per heavy atom. The van der Waals surface area contributed by atoms with E-state index in [-0.39, 0.29) is 24.4 Å². The molecule has 0 aliphatic carbocycles. The predicted molar refractivity (Wildman–Crippen MR) is 89.0 cm³/mol. The number of anilines is 1. The van der Waals surface area contributed by atoms with Gasteiger partial charge in [0, 0.05) is 19.7 Å². The molecule has 0 aliphatic heterocycles. The molecule has 1 heterocycles. The third-order valence-electron chi connectivity index (χ3n) is 3.46. The van der Waals surface area contributed by atoms with Crippen LogP contribution >= 0.6 is 0 Å². The Morgan fingerprint density at radius 2 is 1.92 bits per heavy atom. The molecule has 0 amide bonds. The summed E-state index contributed by atoms with van der Waals surface area (Å²) in [5.74, 6) is -0.182. The number of hydrogen-bond donors (Lipinski definition) is 1. The molecule has 1 aromatic heterocycles. The monoisotopic (exact) mass is 336 g/mol. The van der Waals surface area contributed by atoms with Gasteiger partial charge in [-0.1, -0.05) is 12.1 Å². The summed E-state index contributed by atoms with van der Waals surface area (Å²) in [6.45, 7) is 4.46. The zero-order valence-electron chi connectivity index (χ0n) is 14.0. The lowest BCUT2D eigenvalue weighted by Crippen LogP contribution is -2.44. The number of hydrogen-bond acceptors (Lipinski definition) is 5. The van der Waals surface area contributed by atoms with E-state index in [1.807, 2.05) is 0 Å². The van der Waals surface area contributed by atoms with Crippen molar-refractivity contribution in [3.63, 3.8) is 0 Å². The number of nitrogens with one attached hydrogen (secondary N) is 1. The molecule has 0 atom stereocenters. The van der Waals surface area contributed by atoms with Gasteiger partial charge in [-0.3, -0.25) is 4.57 Å². The van der Waals surface area contributed by atoms with Gasteiger partial charge in [0.25, 0.3) is 0 Å². The van der Waals surface area contributed by atoms with Crippen molar-refractivity contribution >= 4 is 5.95 Å². The Kier molecular flexibility index (Phi) is 5.86. The van der Waals surface area contributed by atoms with Gasteiger partial charge in [-0.25, -0.2) is 18.5 Å². The molecule has 0 aliphatic rings. The Labute approximate surface area is 138 Å². The summed E-state index contributed by atoms with van der Waals surface area (Å²) in [6, 6.07) is 5.51. The fraction of sp³-hybridized carbons (Fsp3) is 0.438. The van der Waals surface area contributed by atoms with E-state index in [1.165, 1.54) is 16.7 Å². The number of halogens is 1. The molecule has 0 spiro atoms. The van der Waals surface area contributed by atoms with Crippen molar-refractivity contribution in [2.24, 2.45) is 0 Å². The molecule has 0 saturated heterocycles. The largest absolute Gasteiger partial charge is 0.383 e. The molecule has 0 fully saturated rings. The molecule has 0 saturated carbocycles. The molecule has 0 bridgehead atoms. The van der Waals surface area contributed by atoms with E-state index in [1.54, 1.807) is 33.1 Å². The Balaban J connectivity index is 2.47. The minimum atomic E-state index is -0.606. The van der Waals surface area contributed by atoms with Gasteiger partial charge < -0.3 is 10.1 Å². The minimum absolute atomic E-state index is 0.170. The normalized spacial score (nSPS) is 11.0. The van der Waals surface area contributed by atoms with Crippen LogP contribution in [0, 0.1) is 5.82 Å². The second kappa shape index (κ2) is 7.87. The zero-order chi connectivity index (χ0) is 17.7. The van der Waals surface area contributed by atoms with E-state index < -0.39 is 11.4 Å². The summed E-state index contributed by atoms with van der Waals surface area (Å²) >= 11 is 0. The fourth-order valence-electron chi connectivity index (χ4n) is 2.26. The minimum Gasteiger partial charge on any atom is -0.383 e. The van der Waals surface area contributed by atoms with Crippen LogP contribution in [0.4, 0.5) is 10.3 Å². The van der Waals surface area contributed by atoms with Crippen molar-refractivity contribution in [2.75, 3.05) is 25.6 Å². The number of methoxy groups -OCH3 is 1. The molecule has 0 unspecified atom stereocenters. The van der Waals surface area contributed by atoms with Gasteiger partial charge in [0.15, 0.2) is 0 Å². The Hall–Kier alpha value is -2.48. The maximum Gasteiger partial charge on any atom is 0.355 e. The highest BCUT2D eigenvalue weighted by molar-refractivity contribution is 5.26. The highest BCUT2D eigenvalue weighted by atomic mass is 19.1. The van der Waals surface area contributed by atoms with Gasteiger partial charge in [-0.15, -0.1) is 0 Å². The van der Waals surface area contributed by atoms with Crippen molar-refractivity contribution in [1.82, 2.24) is 14.1 Å². The van der Waals surface area contributed by atoms with Gasteiger partial charge in [0.05, 0.1) is 13.2 Å². The fourth-order valence-corrected chi connectivity index (χ4v) is 2.26. The van der Waals surface area contributed by atoms with Crippen molar-refractivity contribution in [1.29, 1.82) is 0 Å². The van der Waals surface area contributed by atoms with Crippen LogP contribution in [0.15, 0.2) is 33.9 Å². The van der Waals surface area contributed by atoms with E-state index >= 15 is 0 Å². The summed E-state index contributed by atoms with van der Waals surface area (Å²) in [4.78, 5) is 28.8. The van der Waals surface area contributed by atoms with Crippen molar-refractivity contribution < 1.29 is 9.13 Å². The maximum absolute atomic E-state index is 13.1. The molecule has 24 heavy (non-hydrogen) atoms. The second-order valence-electron chi connectivity index (χ2n) is 5.60. The average molecular weight is 336 g/mol. The van der Waals surface area contributed by atoms with Crippen LogP contribution in [-0.2, 0) is 11.3 Å². The molecule has 130 valence electrons. The molecule has 2 rings (SSSR count). The highest BCUT2D eigenvalue weighted by Crippen LogP contribution is 2.07. The van der Waals surface area contributed by atoms with E-state index in [0.717, 1.165) is 10.1 Å². The summed E-state index contributed by atoms with van der Waals surface area (Å²) in [7, 11) is 1.55. The first kappa shape index (κ1) is 17.9. The van der Waals surface area contributed by atoms with Crippen LogP contribution in [0.1, 0.15) is 25.5 Å².